The van der Waals surface area contributed by atoms with Crippen molar-refractivity contribution >= 4 is 103 Å². The fraction of sp³-hybridized carbons (Fsp3) is 0.328. The summed E-state index contributed by atoms with van der Waals surface area (Å²) in [4.78, 5) is 51.7. The third kappa shape index (κ3) is 17.8. The minimum Gasteiger partial charge on any atom is -0.495 e. The van der Waals surface area contributed by atoms with Gasteiger partial charge in [0.05, 0.1) is 61.7 Å². The predicted molar refractivity (Wildman–Crippen MR) is 321 cm³/mol. The Hall–Kier alpha value is -7.36. The second-order valence-corrected chi connectivity index (χ2v) is 20.1. The number of likely N-dealkylation sites (N-methyl/N-ethyl adjacent to an activating group) is 2. The van der Waals surface area contributed by atoms with Gasteiger partial charge in [-0.15, -0.1) is 0 Å². The number of aliphatic hydroxyl groups is 1. The molecule has 19 nitrogen and oxygen atoms in total. The minimum absolute atomic E-state index is 0.347. The minimum atomic E-state index is -0.574. The van der Waals surface area contributed by atoms with Crippen LogP contribution >= 0.6 is 34.8 Å². The van der Waals surface area contributed by atoms with Crippen molar-refractivity contribution in [2.24, 2.45) is 0 Å². The Balaban J connectivity index is 0.000000195. The zero-order chi connectivity index (χ0) is 57.7. The fourth-order valence-corrected chi connectivity index (χ4v) is 9.06. The Morgan fingerprint density at radius 2 is 1.15 bits per heavy atom. The van der Waals surface area contributed by atoms with E-state index in [4.69, 9.17) is 74.6 Å². The van der Waals surface area contributed by atoms with Crippen LogP contribution in [0.1, 0.15) is 22.5 Å². The Kier molecular flexibility index (Phi) is 23.9. The number of carbonyl (C=O) groups is 3. The molecule has 5 aromatic carbocycles. The van der Waals surface area contributed by atoms with Crippen LogP contribution in [0.2, 0.25) is 15.1 Å². The molecule has 8 N–H and O–H groups in total. The van der Waals surface area contributed by atoms with Gasteiger partial charge in [0.25, 0.3) is 5.91 Å². The summed E-state index contributed by atoms with van der Waals surface area (Å²) in [6, 6.07) is 31.2. The molecule has 0 radical (unpaired) electrons. The molecule has 2 aliphatic heterocycles. The van der Waals surface area contributed by atoms with E-state index < -0.39 is 31.1 Å². The highest BCUT2D eigenvalue weighted by molar-refractivity contribution is 6.31. The van der Waals surface area contributed by atoms with Crippen LogP contribution in [0.4, 0.5) is 33.2 Å². The molecule has 22 heteroatoms. The van der Waals surface area contributed by atoms with Crippen LogP contribution in [-0.4, -0.2) is 150 Å². The number of nitrogens with two attached hydrogens (primary N) is 1. The van der Waals surface area contributed by atoms with Gasteiger partial charge in [0, 0.05) is 113 Å². The van der Waals surface area contributed by atoms with E-state index in [1.807, 2.05) is 38.4 Å². The molecule has 2 aliphatic rings. The summed E-state index contributed by atoms with van der Waals surface area (Å²) < 4.78 is 20.5. The number of benzene rings is 5. The molecule has 80 heavy (non-hydrogen) atoms. The van der Waals surface area contributed by atoms with Crippen molar-refractivity contribution in [1.82, 2.24) is 30.0 Å². The maximum atomic E-state index is 12.9. The van der Waals surface area contributed by atoms with Gasteiger partial charge < -0.3 is 71.1 Å². The number of carbonyl (C=O) groups excluding carboxylic acids is 3. The van der Waals surface area contributed by atoms with Crippen LogP contribution in [0.5, 0.6) is 17.2 Å². The summed E-state index contributed by atoms with van der Waals surface area (Å²) in [7, 11) is 12.8. The number of aromatic nitrogens is 2. The molecular weight excluding hydrogens is 1090 g/mol. The van der Waals surface area contributed by atoms with Crippen LogP contribution in [0, 0.1) is 0 Å². The lowest BCUT2D eigenvalue weighted by atomic mass is 10.00. The molecule has 0 aliphatic carbocycles. The largest absolute Gasteiger partial charge is 0.495 e. The summed E-state index contributed by atoms with van der Waals surface area (Å²) in [5, 5.41) is 28.1. The second-order valence-electron chi connectivity index (χ2n) is 18.8. The van der Waals surface area contributed by atoms with Crippen LogP contribution in [0.15, 0.2) is 103 Å². The number of ether oxygens (including phenoxy) is 4. The van der Waals surface area contributed by atoms with Gasteiger partial charge in [-0.05, 0) is 94.9 Å². The number of hydrogen-bond acceptors (Lipinski definition) is 16. The number of halogens is 3. The van der Waals surface area contributed by atoms with Gasteiger partial charge in [-0.25, -0.2) is 4.79 Å². The molecule has 0 saturated heterocycles. The van der Waals surface area contributed by atoms with Crippen molar-refractivity contribution in [1.29, 1.82) is 0 Å². The van der Waals surface area contributed by atoms with Crippen LogP contribution in [0.25, 0.3) is 21.8 Å². The molecule has 0 bridgehead atoms. The second kappa shape index (κ2) is 30.9. The third-order valence-corrected chi connectivity index (χ3v) is 13.2. The lowest BCUT2D eigenvalue weighted by Crippen LogP contribution is -2.38. The normalized spacial score (nSPS) is 12.3. The predicted octanol–water partition coefficient (Wildman–Crippen LogP) is 9.07. The number of hydrogen-bond donors (Lipinski definition) is 7. The zero-order valence-electron chi connectivity index (χ0n) is 46.1. The molecule has 0 fully saturated rings. The van der Waals surface area contributed by atoms with Crippen LogP contribution in [-0.2, 0) is 40.3 Å². The van der Waals surface area contributed by atoms with Gasteiger partial charge in [0.1, 0.15) is 23.9 Å². The van der Waals surface area contributed by atoms with Gasteiger partial charge in [0.15, 0.2) is 6.61 Å². The Morgan fingerprint density at radius 1 is 0.662 bits per heavy atom. The Morgan fingerprint density at radius 3 is 1.66 bits per heavy atom. The molecule has 0 spiro atoms. The number of para-hydroxylation sites is 2. The maximum Gasteiger partial charge on any atom is 0.410 e. The van der Waals surface area contributed by atoms with Crippen molar-refractivity contribution < 1.29 is 38.4 Å². The number of nitrogen functional groups attached to an aromatic ring is 1. The summed E-state index contributed by atoms with van der Waals surface area (Å²) in [5.74, 6) is 0.618. The smallest absolute Gasteiger partial charge is 0.410 e. The monoisotopic (exact) mass is 1150 g/mol. The van der Waals surface area contributed by atoms with Crippen molar-refractivity contribution in [3.05, 3.63) is 141 Å². The molecule has 4 heterocycles. The van der Waals surface area contributed by atoms with E-state index in [0.717, 1.165) is 79.1 Å². The molecule has 0 atom stereocenters. The fourth-order valence-electron chi connectivity index (χ4n) is 8.53. The lowest BCUT2D eigenvalue weighted by Gasteiger charge is -2.30. The number of amides is 3. The summed E-state index contributed by atoms with van der Waals surface area (Å²) in [6.07, 6.45) is 1.06. The van der Waals surface area contributed by atoms with E-state index in [0.29, 0.717) is 68.9 Å². The first-order valence-corrected chi connectivity index (χ1v) is 26.8. The molecule has 7 aromatic rings. The van der Waals surface area contributed by atoms with Crippen molar-refractivity contribution in [3.8, 4) is 17.2 Å². The number of pyridine rings is 2. The van der Waals surface area contributed by atoms with E-state index >= 15 is 0 Å². The standard InChI is InChI=1S/C26H30ClN5O4.C16H22N4.C9H10ClNO3.C7H8ClNO/c1-31(2)13-11-28-25-18-6-4-5-7-20(18)29-21-10-12-32(15-19(21)25)26(34)36-16-24(33)30-22-14-17(27)8-9-23(22)35-3;1-20(2)10-9-18-16-12-5-3-4-6-14(12)19-15-7-8-17-11-13(15)16;1-14-8-3-2-6(10)4-7(8)11-9(13)5-12;1-10-7-3-2-5(8)4-6(7)9/h4-9,14H,10-13,15-16H2,1-3H3,(H,28,29)(H,30,33);3-6,17H,7-11H2,1-2H3,(H,18,19);2-4,12H,5H2,1H3,(H,11,13);2-4H,9H2,1H3. The van der Waals surface area contributed by atoms with Gasteiger partial charge in [-0.1, -0.05) is 71.2 Å². The molecule has 0 saturated carbocycles. The highest BCUT2D eigenvalue weighted by Gasteiger charge is 2.27. The molecule has 0 unspecified atom stereocenters. The number of nitrogens with zero attached hydrogens (tertiary/aromatic N) is 5. The van der Waals surface area contributed by atoms with E-state index in [9.17, 15) is 14.4 Å². The maximum absolute atomic E-state index is 12.9. The highest BCUT2D eigenvalue weighted by atomic mass is 35.5. The third-order valence-electron chi connectivity index (χ3n) is 12.5. The van der Waals surface area contributed by atoms with Gasteiger partial charge in [-0.2, -0.15) is 0 Å². The molecule has 9 rings (SSSR count). The number of rotatable bonds is 16. The Labute approximate surface area is 482 Å². The molecule has 3 amide bonds. The number of anilines is 5. The van der Waals surface area contributed by atoms with Crippen molar-refractivity contribution in [3.63, 3.8) is 0 Å². The topological polar surface area (TPSA) is 230 Å². The van der Waals surface area contributed by atoms with E-state index in [-0.39, 0.29) is 0 Å². The average Bonchev–Trinajstić information content (AvgIpc) is 3.58. The Bertz CT molecular complexity index is 3220. The number of aliphatic hydroxyl groups excluding tert-OH is 1. The number of fused-ring (bicyclic) bond motifs is 4. The van der Waals surface area contributed by atoms with Gasteiger partial charge in [0.2, 0.25) is 5.91 Å². The van der Waals surface area contributed by atoms with E-state index in [1.165, 1.54) is 36.6 Å². The molecule has 2 aromatic heterocycles. The van der Waals surface area contributed by atoms with E-state index in [2.05, 4.69) is 74.7 Å². The molecule has 426 valence electrons. The van der Waals surface area contributed by atoms with E-state index in [1.54, 1.807) is 66.6 Å². The summed E-state index contributed by atoms with van der Waals surface area (Å²) in [6.45, 7) is 5.34. The van der Waals surface area contributed by atoms with Crippen molar-refractivity contribution in [2.45, 2.75) is 25.9 Å². The van der Waals surface area contributed by atoms with Crippen LogP contribution < -0.4 is 46.5 Å². The van der Waals surface area contributed by atoms with Gasteiger partial charge in [-0.3, -0.25) is 19.6 Å². The zero-order valence-corrected chi connectivity index (χ0v) is 48.3. The lowest BCUT2D eigenvalue weighted by molar-refractivity contribution is -0.119. The number of methoxy groups -OCH3 is 3. The van der Waals surface area contributed by atoms with Gasteiger partial charge >= 0.3 is 6.09 Å². The van der Waals surface area contributed by atoms with Crippen molar-refractivity contribution in [2.75, 3.05) is 129 Å². The first kappa shape index (κ1) is 61.8. The number of nitrogens with one attached hydrogen (secondary N) is 5. The quantitative estimate of drug-likeness (QED) is 0.0448. The highest BCUT2D eigenvalue weighted by Crippen LogP contribution is 2.34. The first-order valence-electron chi connectivity index (χ1n) is 25.7. The SMILES string of the molecule is CN(C)CCNc1c2c(nc3ccccc13)CCNC2.COc1ccc(Cl)cc1N.COc1ccc(Cl)cc1NC(=O)CO.COc1ccc(Cl)cc1NC(=O)COC(=O)N1CCc2nc3ccccc3c(NCCN(C)C)c2C1. The van der Waals surface area contributed by atoms with Crippen LogP contribution in [0.3, 0.4) is 0 Å². The summed E-state index contributed by atoms with van der Waals surface area (Å²) >= 11 is 17.4. The first-order chi connectivity index (χ1) is 38.5. The average molecular weight is 1160 g/mol. The summed E-state index contributed by atoms with van der Waals surface area (Å²) in [5.41, 5.74) is 15.7. The molecular formula is C58H70Cl3N11O8.